The summed E-state index contributed by atoms with van der Waals surface area (Å²) in [5, 5.41) is 19.1. The first-order valence-corrected chi connectivity index (χ1v) is 11.8. The maximum atomic E-state index is 12.9. The predicted octanol–water partition coefficient (Wildman–Crippen LogP) is 3.74. The molecule has 0 aliphatic heterocycles. The van der Waals surface area contributed by atoms with Crippen LogP contribution in [-0.2, 0) is 5.21 Å². The Labute approximate surface area is 187 Å². The minimum absolute atomic E-state index is 0.161. The van der Waals surface area contributed by atoms with Crippen molar-refractivity contribution in [2.75, 3.05) is 7.11 Å². The molecule has 7 nitrogen and oxygen atoms in total. The van der Waals surface area contributed by atoms with Gasteiger partial charge < -0.3 is 0 Å². The fraction of sp³-hybridized carbons (Fsp3) is 0.174. The first-order chi connectivity index (χ1) is 14.8. The summed E-state index contributed by atoms with van der Waals surface area (Å²) in [7, 11) is 1.63. The van der Waals surface area contributed by atoms with Crippen molar-refractivity contribution in [3.63, 3.8) is 0 Å². The first-order valence-electron chi connectivity index (χ1n) is 9.53. The second-order valence-corrected chi connectivity index (χ2v) is 9.12. The Balaban J connectivity index is 1.70. The molecule has 1 heterocycles. The number of nitrogens with zero attached hydrogens (tertiary/aromatic N) is 1. The number of amidine groups is 1. The number of benzene rings is 2. The van der Waals surface area contributed by atoms with Crippen LogP contribution in [0.15, 0.2) is 54.6 Å². The number of hydrogen-bond donors (Lipinski definition) is 3. The zero-order chi connectivity index (χ0) is 22.5. The van der Waals surface area contributed by atoms with Gasteiger partial charge in [0.2, 0.25) is 0 Å². The number of amides is 1. The molecule has 0 atom stereocenters. The number of hydrogen-bond acceptors (Lipinski definition) is 4. The molecular formula is C23H23AsN3O4. The van der Waals surface area contributed by atoms with Crippen LogP contribution in [-0.4, -0.2) is 49.0 Å². The van der Waals surface area contributed by atoms with Crippen LogP contribution in [0.3, 0.4) is 0 Å². The van der Waals surface area contributed by atoms with E-state index in [1.165, 1.54) is 0 Å². The summed E-state index contributed by atoms with van der Waals surface area (Å²) in [5.41, 5.74) is 5.13. The average molecular weight is 480 g/mol. The Morgan fingerprint density at radius 2 is 1.74 bits per heavy atom. The van der Waals surface area contributed by atoms with Gasteiger partial charge in [-0.15, -0.1) is 0 Å². The molecule has 31 heavy (non-hydrogen) atoms. The number of methoxy groups -OCH3 is 1. The van der Waals surface area contributed by atoms with E-state index in [1.807, 2.05) is 61.6 Å². The number of ether oxygens (including phenoxy) is 1. The summed E-state index contributed by atoms with van der Waals surface area (Å²) in [4.78, 5) is 23.6. The van der Waals surface area contributed by atoms with Gasteiger partial charge in [0, 0.05) is 0 Å². The topological polar surface area (TPSA) is 104 Å². The van der Waals surface area contributed by atoms with Crippen molar-refractivity contribution < 1.29 is 19.4 Å². The zero-order valence-electron chi connectivity index (χ0n) is 17.5. The summed E-state index contributed by atoms with van der Waals surface area (Å²) >= 11 is -0.599. The number of rotatable bonds is 7. The normalized spacial score (nSPS) is 10.9. The van der Waals surface area contributed by atoms with E-state index in [-0.39, 0.29) is 10.4 Å². The number of carboxylic acid groups (broad SMARTS) is 1. The Morgan fingerprint density at radius 3 is 2.32 bits per heavy atom. The molecule has 0 spiro atoms. The third kappa shape index (κ3) is 5.25. The number of nitrogens with one attached hydrogen (secondary N) is 2. The number of aromatic nitrogens is 1. The van der Waals surface area contributed by atoms with Crippen LogP contribution in [0.4, 0.5) is 4.79 Å². The van der Waals surface area contributed by atoms with Crippen LogP contribution >= 0.6 is 0 Å². The van der Waals surface area contributed by atoms with Gasteiger partial charge in [0.1, 0.15) is 0 Å². The van der Waals surface area contributed by atoms with Gasteiger partial charge in [-0.3, -0.25) is 0 Å². The van der Waals surface area contributed by atoms with Gasteiger partial charge in [0.25, 0.3) is 0 Å². The molecule has 0 unspecified atom stereocenters. The Bertz CT molecular complexity index is 1120. The van der Waals surface area contributed by atoms with Gasteiger partial charge in [0.05, 0.1) is 0 Å². The quantitative estimate of drug-likeness (QED) is 0.272. The number of carbonyl (C=O) groups excluding carboxylic acids is 1. The zero-order valence-corrected chi connectivity index (χ0v) is 19.3. The second kappa shape index (κ2) is 9.66. The fourth-order valence-electron chi connectivity index (χ4n) is 3.31. The van der Waals surface area contributed by atoms with Crippen LogP contribution in [0.2, 0.25) is 0 Å². The van der Waals surface area contributed by atoms with Crippen molar-refractivity contribution in [2.24, 2.45) is 0 Å². The van der Waals surface area contributed by atoms with Gasteiger partial charge in [-0.2, -0.15) is 0 Å². The summed E-state index contributed by atoms with van der Waals surface area (Å²) in [6.07, 6.45) is -1.27. The molecule has 3 N–H and O–H groups in total. The molecule has 2 aromatic carbocycles. The molecule has 0 saturated carbocycles. The van der Waals surface area contributed by atoms with Crippen LogP contribution in [0, 0.1) is 19.3 Å². The van der Waals surface area contributed by atoms with E-state index >= 15 is 0 Å². The van der Waals surface area contributed by atoms with Gasteiger partial charge >= 0.3 is 187 Å². The molecule has 0 saturated heterocycles. The van der Waals surface area contributed by atoms with E-state index in [0.717, 1.165) is 34.0 Å². The van der Waals surface area contributed by atoms with E-state index in [2.05, 4.69) is 4.57 Å². The molecule has 8 heteroatoms. The number of aryl methyl sites for hydroxylation is 1. The third-order valence-corrected chi connectivity index (χ3v) is 7.08. The standard InChI is InChI=1S/C23H23AsN3O4/c1-14-12-20(15(2)27(14)18-8-10-19(31-3)11-9-18)21(28)24-13-16-4-6-17(7-5-16)22(25)26-23(29)30/h4-12H,13H2,1-3H3,(H2,25,26)(H,29,30). The molecule has 0 aliphatic rings. The van der Waals surface area contributed by atoms with E-state index < -0.39 is 21.8 Å². The number of carbonyl (C=O) groups is 2. The summed E-state index contributed by atoms with van der Waals surface area (Å²) < 4.78 is 7.45. The molecule has 3 rings (SSSR count). The van der Waals surface area contributed by atoms with Gasteiger partial charge in [-0.05, 0) is 0 Å². The van der Waals surface area contributed by atoms with Gasteiger partial charge in [-0.1, -0.05) is 0 Å². The summed E-state index contributed by atoms with van der Waals surface area (Å²) in [5.74, 6) is 0.613. The van der Waals surface area contributed by atoms with Gasteiger partial charge in [-0.25, -0.2) is 0 Å². The van der Waals surface area contributed by atoms with E-state index in [0.29, 0.717) is 10.8 Å². The van der Waals surface area contributed by atoms with Crippen molar-refractivity contribution in [3.8, 4) is 11.4 Å². The van der Waals surface area contributed by atoms with Crippen molar-refractivity contribution in [2.45, 2.75) is 19.1 Å². The molecule has 0 bridgehead atoms. The Kier molecular flexibility index (Phi) is 6.98. The Morgan fingerprint density at radius 1 is 1.10 bits per heavy atom. The Hall–Kier alpha value is -3.31. The van der Waals surface area contributed by atoms with Crippen molar-refractivity contribution in [3.05, 3.63) is 82.7 Å². The molecular weight excluding hydrogens is 457 g/mol. The minimum atomic E-state index is -1.27. The van der Waals surface area contributed by atoms with Crippen molar-refractivity contribution >= 4 is 32.3 Å². The summed E-state index contributed by atoms with van der Waals surface area (Å²) in [6, 6.07) is 16.7. The fourth-order valence-corrected chi connectivity index (χ4v) is 5.27. The van der Waals surface area contributed by atoms with Crippen LogP contribution < -0.4 is 10.1 Å². The van der Waals surface area contributed by atoms with Crippen LogP contribution in [0.25, 0.3) is 5.69 Å². The SMILES string of the molecule is COc1ccc(-n2c(C)cc(C(=O)[As]Cc3ccc(C(=N)NC(=O)O)cc3)c2C)cc1. The van der Waals surface area contributed by atoms with Gasteiger partial charge in [0.15, 0.2) is 0 Å². The third-order valence-electron chi connectivity index (χ3n) is 4.87. The monoisotopic (exact) mass is 480 g/mol. The molecule has 1 radical (unpaired) electrons. The molecule has 0 fully saturated rings. The second-order valence-electron chi connectivity index (χ2n) is 6.94. The average Bonchev–Trinajstić information content (AvgIpc) is 3.06. The van der Waals surface area contributed by atoms with E-state index in [4.69, 9.17) is 15.3 Å². The maximum absolute atomic E-state index is 12.9. The van der Waals surface area contributed by atoms with E-state index in [9.17, 15) is 9.59 Å². The predicted molar refractivity (Wildman–Crippen MR) is 120 cm³/mol. The van der Waals surface area contributed by atoms with Crippen molar-refractivity contribution in [1.29, 1.82) is 5.41 Å². The molecule has 3 aromatic rings. The molecule has 1 amide bonds. The van der Waals surface area contributed by atoms with Crippen molar-refractivity contribution in [1.82, 2.24) is 9.88 Å². The molecule has 159 valence electrons. The first kappa shape index (κ1) is 22.4. The van der Waals surface area contributed by atoms with Crippen LogP contribution in [0.1, 0.15) is 32.9 Å². The van der Waals surface area contributed by atoms with Crippen LogP contribution in [0.5, 0.6) is 5.75 Å². The molecule has 1 aromatic heterocycles. The summed E-state index contributed by atoms with van der Waals surface area (Å²) in [6.45, 7) is 3.95. The van der Waals surface area contributed by atoms with E-state index in [1.54, 1.807) is 19.2 Å². The molecule has 0 aliphatic carbocycles.